The van der Waals surface area contributed by atoms with Crippen molar-refractivity contribution < 1.29 is 9.53 Å². The van der Waals surface area contributed by atoms with Crippen LogP contribution in [0.4, 0.5) is 10.5 Å². The first kappa shape index (κ1) is 15.6. The van der Waals surface area contributed by atoms with Gasteiger partial charge in [0.25, 0.3) is 0 Å². The van der Waals surface area contributed by atoms with Crippen molar-refractivity contribution in [3.8, 4) is 5.75 Å². The highest BCUT2D eigenvalue weighted by molar-refractivity contribution is 5.89. The summed E-state index contributed by atoms with van der Waals surface area (Å²) in [6.07, 6.45) is 0.992. The second kappa shape index (κ2) is 7.86. The maximum Gasteiger partial charge on any atom is 0.321 e. The molecule has 2 N–H and O–H groups in total. The summed E-state index contributed by atoms with van der Waals surface area (Å²) in [5.74, 6) is 0.741. The van der Waals surface area contributed by atoms with Crippen LogP contribution in [0.5, 0.6) is 5.75 Å². The number of carbonyl (C=O) groups excluding carboxylic acids is 1. The minimum absolute atomic E-state index is 0. The van der Waals surface area contributed by atoms with Crippen molar-refractivity contribution in [2.45, 2.75) is 6.42 Å². The average Bonchev–Trinajstić information content (AvgIpc) is 2.68. The van der Waals surface area contributed by atoms with Crippen LogP contribution in [0, 0.1) is 0 Å². The molecule has 1 aliphatic heterocycles. The summed E-state index contributed by atoms with van der Waals surface area (Å²) in [7, 11) is 1.61. The van der Waals surface area contributed by atoms with Crippen LogP contribution < -0.4 is 15.4 Å². The normalized spacial score (nSPS) is 15.1. The zero-order valence-corrected chi connectivity index (χ0v) is 11.8. The number of carbonyl (C=O) groups is 1. The number of hydrogen-bond donors (Lipinski definition) is 2. The lowest BCUT2D eigenvalue weighted by molar-refractivity contribution is 0.215. The van der Waals surface area contributed by atoms with E-state index in [1.807, 2.05) is 29.2 Å². The molecular formula is C13H20ClN3O2. The molecule has 0 spiro atoms. The van der Waals surface area contributed by atoms with Gasteiger partial charge in [-0.25, -0.2) is 4.79 Å². The molecule has 2 rings (SSSR count). The minimum Gasteiger partial charge on any atom is -0.497 e. The molecule has 0 aromatic heterocycles. The number of ether oxygens (including phenoxy) is 1. The highest BCUT2D eigenvalue weighted by Crippen LogP contribution is 2.17. The molecule has 5 nitrogen and oxygen atoms in total. The predicted octanol–water partition coefficient (Wildman–Crippen LogP) is 1.94. The number of nitrogens with zero attached hydrogens (tertiary/aromatic N) is 1. The summed E-state index contributed by atoms with van der Waals surface area (Å²) in [5, 5.41) is 6.17. The Kier molecular flexibility index (Phi) is 6.45. The van der Waals surface area contributed by atoms with E-state index in [0.717, 1.165) is 44.0 Å². The van der Waals surface area contributed by atoms with Crippen LogP contribution in [-0.2, 0) is 0 Å². The number of nitrogens with one attached hydrogen (secondary N) is 2. The monoisotopic (exact) mass is 285 g/mol. The van der Waals surface area contributed by atoms with E-state index >= 15 is 0 Å². The molecule has 19 heavy (non-hydrogen) atoms. The van der Waals surface area contributed by atoms with Crippen LogP contribution in [0.1, 0.15) is 6.42 Å². The first-order chi connectivity index (χ1) is 8.79. The molecule has 0 aliphatic carbocycles. The first-order valence-corrected chi connectivity index (χ1v) is 6.20. The maximum atomic E-state index is 12.1. The van der Waals surface area contributed by atoms with Gasteiger partial charge in [-0.2, -0.15) is 0 Å². The number of benzene rings is 1. The fourth-order valence-corrected chi connectivity index (χ4v) is 1.95. The molecule has 1 fully saturated rings. The Morgan fingerprint density at radius 3 is 3.00 bits per heavy atom. The van der Waals surface area contributed by atoms with Gasteiger partial charge in [0.1, 0.15) is 5.75 Å². The van der Waals surface area contributed by atoms with Crippen LogP contribution >= 0.6 is 12.4 Å². The van der Waals surface area contributed by atoms with E-state index in [0.29, 0.717) is 0 Å². The average molecular weight is 286 g/mol. The van der Waals surface area contributed by atoms with E-state index in [-0.39, 0.29) is 18.4 Å². The fraction of sp³-hybridized carbons (Fsp3) is 0.462. The second-order valence-electron chi connectivity index (χ2n) is 4.25. The number of hydrogen-bond acceptors (Lipinski definition) is 3. The number of halogens is 1. The maximum absolute atomic E-state index is 12.1. The number of amides is 2. The molecule has 2 amide bonds. The standard InChI is InChI=1S/C13H19N3O2.ClH/c1-18-12-5-2-4-11(10-12)15-13(17)16-8-3-6-14-7-9-16;/h2,4-5,10,14H,3,6-9H2,1H3,(H,15,17);1H. The lowest BCUT2D eigenvalue weighted by atomic mass is 10.3. The van der Waals surface area contributed by atoms with Gasteiger partial charge in [0.2, 0.25) is 0 Å². The number of urea groups is 1. The Labute approximate surface area is 119 Å². The molecule has 1 aromatic rings. The third-order valence-corrected chi connectivity index (χ3v) is 2.95. The van der Waals surface area contributed by atoms with Crippen molar-refractivity contribution in [3.63, 3.8) is 0 Å². The highest BCUT2D eigenvalue weighted by atomic mass is 35.5. The van der Waals surface area contributed by atoms with Crippen LogP contribution in [-0.4, -0.2) is 44.2 Å². The fourth-order valence-electron chi connectivity index (χ4n) is 1.95. The topological polar surface area (TPSA) is 53.6 Å². The third-order valence-electron chi connectivity index (χ3n) is 2.95. The van der Waals surface area contributed by atoms with Crippen LogP contribution in [0.3, 0.4) is 0 Å². The van der Waals surface area contributed by atoms with Crippen LogP contribution in [0.25, 0.3) is 0 Å². The van der Waals surface area contributed by atoms with E-state index in [1.54, 1.807) is 7.11 Å². The first-order valence-electron chi connectivity index (χ1n) is 6.20. The summed E-state index contributed by atoms with van der Waals surface area (Å²) in [5.41, 5.74) is 0.761. The Hall–Kier alpha value is -1.46. The Morgan fingerprint density at radius 2 is 2.21 bits per heavy atom. The van der Waals surface area contributed by atoms with Gasteiger partial charge in [0.05, 0.1) is 7.11 Å². The molecular weight excluding hydrogens is 266 g/mol. The van der Waals surface area contributed by atoms with Gasteiger partial charge in [-0.15, -0.1) is 12.4 Å². The van der Waals surface area contributed by atoms with Crippen molar-refractivity contribution >= 4 is 24.1 Å². The lowest BCUT2D eigenvalue weighted by Crippen LogP contribution is -2.37. The molecule has 0 unspecified atom stereocenters. The Morgan fingerprint density at radius 1 is 1.37 bits per heavy atom. The summed E-state index contributed by atoms with van der Waals surface area (Å²) in [6.45, 7) is 3.37. The molecule has 0 bridgehead atoms. The summed E-state index contributed by atoms with van der Waals surface area (Å²) in [6, 6.07) is 7.33. The van der Waals surface area contributed by atoms with E-state index in [4.69, 9.17) is 4.74 Å². The van der Waals surface area contributed by atoms with E-state index < -0.39 is 0 Å². The van der Waals surface area contributed by atoms with E-state index in [2.05, 4.69) is 10.6 Å². The number of anilines is 1. The van der Waals surface area contributed by atoms with Crippen molar-refractivity contribution in [1.82, 2.24) is 10.2 Å². The molecule has 6 heteroatoms. The largest absolute Gasteiger partial charge is 0.497 e. The van der Waals surface area contributed by atoms with Crippen molar-refractivity contribution in [1.29, 1.82) is 0 Å². The molecule has 1 saturated heterocycles. The van der Waals surface area contributed by atoms with Gasteiger partial charge in [0, 0.05) is 31.4 Å². The number of methoxy groups -OCH3 is 1. The van der Waals surface area contributed by atoms with Crippen LogP contribution in [0.15, 0.2) is 24.3 Å². The van der Waals surface area contributed by atoms with E-state index in [1.165, 1.54) is 0 Å². The van der Waals surface area contributed by atoms with Gasteiger partial charge < -0.3 is 20.3 Å². The third kappa shape index (κ3) is 4.61. The van der Waals surface area contributed by atoms with Crippen molar-refractivity contribution in [2.24, 2.45) is 0 Å². The van der Waals surface area contributed by atoms with Gasteiger partial charge in [-0.05, 0) is 25.1 Å². The Balaban J connectivity index is 0.00000180. The minimum atomic E-state index is -0.0491. The van der Waals surface area contributed by atoms with Crippen molar-refractivity contribution in [3.05, 3.63) is 24.3 Å². The highest BCUT2D eigenvalue weighted by Gasteiger charge is 2.15. The van der Waals surface area contributed by atoms with Gasteiger partial charge in [-0.1, -0.05) is 6.07 Å². The molecule has 1 aliphatic rings. The van der Waals surface area contributed by atoms with Gasteiger partial charge >= 0.3 is 6.03 Å². The van der Waals surface area contributed by atoms with Crippen molar-refractivity contribution in [2.75, 3.05) is 38.6 Å². The van der Waals surface area contributed by atoms with Crippen LogP contribution in [0.2, 0.25) is 0 Å². The molecule has 0 radical (unpaired) electrons. The SMILES string of the molecule is COc1cccc(NC(=O)N2CCCNCC2)c1.Cl. The lowest BCUT2D eigenvalue weighted by Gasteiger charge is -2.20. The van der Waals surface area contributed by atoms with Gasteiger partial charge in [0.15, 0.2) is 0 Å². The second-order valence-corrected chi connectivity index (χ2v) is 4.25. The summed E-state index contributed by atoms with van der Waals surface area (Å²) >= 11 is 0. The molecule has 0 atom stereocenters. The number of rotatable bonds is 2. The Bertz CT molecular complexity index is 407. The van der Waals surface area contributed by atoms with Gasteiger partial charge in [-0.3, -0.25) is 0 Å². The molecule has 0 saturated carbocycles. The summed E-state index contributed by atoms with van der Waals surface area (Å²) < 4.78 is 5.13. The zero-order chi connectivity index (χ0) is 12.8. The summed E-state index contributed by atoms with van der Waals surface area (Å²) in [4.78, 5) is 13.9. The predicted molar refractivity (Wildman–Crippen MR) is 78.3 cm³/mol. The molecule has 1 aromatic carbocycles. The quantitative estimate of drug-likeness (QED) is 0.873. The molecule has 1 heterocycles. The van der Waals surface area contributed by atoms with E-state index in [9.17, 15) is 4.79 Å². The molecule has 106 valence electrons. The zero-order valence-electron chi connectivity index (χ0n) is 11.0. The smallest absolute Gasteiger partial charge is 0.321 e.